The van der Waals surface area contributed by atoms with Crippen LogP contribution < -0.4 is 10.2 Å². The summed E-state index contributed by atoms with van der Waals surface area (Å²) in [6.45, 7) is 5.96. The largest absolute Gasteiger partial charge is 0.369 e. The molecule has 1 fully saturated rings. The second-order valence-corrected chi connectivity index (χ2v) is 7.35. The third kappa shape index (κ3) is 4.30. The monoisotopic (exact) mass is 393 g/mol. The lowest BCUT2D eigenvalue weighted by molar-refractivity contribution is 0.102. The normalized spacial score (nSPS) is 14.8. The van der Waals surface area contributed by atoms with Crippen molar-refractivity contribution in [3.8, 4) is 5.69 Å². The van der Waals surface area contributed by atoms with E-state index in [-0.39, 0.29) is 11.7 Å². The Morgan fingerprint density at radius 2 is 1.59 bits per heavy atom. The Hall–Kier alpha value is -3.19. The van der Waals surface area contributed by atoms with Crippen LogP contribution >= 0.6 is 0 Å². The maximum absolute atomic E-state index is 13.1. The molecule has 0 unspecified atom stereocenters. The van der Waals surface area contributed by atoms with Crippen molar-refractivity contribution in [3.63, 3.8) is 0 Å². The molecule has 2 heterocycles. The van der Waals surface area contributed by atoms with Gasteiger partial charge in [0.25, 0.3) is 5.91 Å². The zero-order valence-corrected chi connectivity index (χ0v) is 16.6. The number of amides is 1. The van der Waals surface area contributed by atoms with Gasteiger partial charge in [0.2, 0.25) is 0 Å². The number of aromatic nitrogens is 2. The minimum absolute atomic E-state index is 0.277. The predicted molar refractivity (Wildman–Crippen MR) is 112 cm³/mol. The molecular weight excluding hydrogens is 369 g/mol. The standard InChI is InChI=1S/C22H24FN5O/c1-16-15-21(25-28(16)20-7-3-17(23)4-8-20)22(29)24-18-5-9-19(10-6-18)27-13-11-26(2)12-14-27/h3-10,15H,11-14H2,1-2H3,(H,24,29). The Bertz CT molecular complexity index is 989. The van der Waals surface area contributed by atoms with Crippen molar-refractivity contribution in [2.75, 3.05) is 43.4 Å². The van der Waals surface area contributed by atoms with E-state index in [1.54, 1.807) is 22.9 Å². The summed E-state index contributed by atoms with van der Waals surface area (Å²) in [5.74, 6) is -0.585. The Balaban J connectivity index is 1.44. The van der Waals surface area contributed by atoms with Gasteiger partial charge < -0.3 is 15.1 Å². The van der Waals surface area contributed by atoms with Gasteiger partial charge in [-0.25, -0.2) is 9.07 Å². The molecular formula is C22H24FN5O. The van der Waals surface area contributed by atoms with Gasteiger partial charge in [-0.15, -0.1) is 0 Å². The Morgan fingerprint density at radius 1 is 0.966 bits per heavy atom. The molecule has 150 valence electrons. The third-order valence-electron chi connectivity index (χ3n) is 5.18. The number of nitrogens with zero attached hydrogens (tertiary/aromatic N) is 4. The average Bonchev–Trinajstić information content (AvgIpc) is 3.12. The van der Waals surface area contributed by atoms with E-state index in [2.05, 4.69) is 27.3 Å². The lowest BCUT2D eigenvalue weighted by atomic mass is 10.2. The smallest absolute Gasteiger partial charge is 0.276 e. The van der Waals surface area contributed by atoms with Crippen LogP contribution in [0, 0.1) is 12.7 Å². The van der Waals surface area contributed by atoms with Crippen molar-refractivity contribution in [1.82, 2.24) is 14.7 Å². The second kappa shape index (κ2) is 8.05. The second-order valence-electron chi connectivity index (χ2n) is 7.35. The van der Waals surface area contributed by atoms with E-state index < -0.39 is 0 Å². The molecule has 7 heteroatoms. The number of aryl methyl sites for hydroxylation is 1. The molecule has 0 spiro atoms. The average molecular weight is 393 g/mol. The molecule has 4 rings (SSSR count). The molecule has 1 saturated heterocycles. The number of halogens is 1. The Morgan fingerprint density at radius 3 is 2.24 bits per heavy atom. The van der Waals surface area contributed by atoms with Crippen LogP contribution in [0.3, 0.4) is 0 Å². The van der Waals surface area contributed by atoms with E-state index in [0.717, 1.165) is 43.2 Å². The van der Waals surface area contributed by atoms with Crippen LogP contribution in [-0.4, -0.2) is 53.8 Å². The maximum atomic E-state index is 13.1. The molecule has 0 bridgehead atoms. The van der Waals surface area contributed by atoms with E-state index in [1.807, 2.05) is 31.2 Å². The Labute approximate surface area is 169 Å². The first kappa shape index (κ1) is 19.1. The summed E-state index contributed by atoms with van der Waals surface area (Å²) in [4.78, 5) is 17.3. The number of benzene rings is 2. The number of carbonyl (C=O) groups excluding carboxylic acids is 1. The number of likely N-dealkylation sites (N-methyl/N-ethyl adjacent to an activating group) is 1. The van der Waals surface area contributed by atoms with Gasteiger partial charge in [-0.3, -0.25) is 4.79 Å². The molecule has 0 radical (unpaired) electrons. The quantitative estimate of drug-likeness (QED) is 0.739. The first-order valence-corrected chi connectivity index (χ1v) is 9.67. The van der Waals surface area contributed by atoms with Crippen LogP contribution in [0.1, 0.15) is 16.2 Å². The number of rotatable bonds is 4. The van der Waals surface area contributed by atoms with Crippen LogP contribution in [-0.2, 0) is 0 Å². The van der Waals surface area contributed by atoms with Crippen molar-refractivity contribution in [2.45, 2.75) is 6.92 Å². The van der Waals surface area contributed by atoms with Gasteiger partial charge in [-0.2, -0.15) is 5.10 Å². The molecule has 3 aromatic rings. The summed E-state index contributed by atoms with van der Waals surface area (Å²) in [6.07, 6.45) is 0. The van der Waals surface area contributed by atoms with Crippen molar-refractivity contribution in [2.24, 2.45) is 0 Å². The number of hydrogen-bond acceptors (Lipinski definition) is 4. The topological polar surface area (TPSA) is 53.4 Å². The molecule has 0 saturated carbocycles. The fourth-order valence-electron chi connectivity index (χ4n) is 3.44. The molecule has 29 heavy (non-hydrogen) atoms. The highest BCUT2D eigenvalue weighted by atomic mass is 19.1. The summed E-state index contributed by atoms with van der Waals surface area (Å²) < 4.78 is 14.8. The van der Waals surface area contributed by atoms with Gasteiger partial charge in [-0.1, -0.05) is 0 Å². The molecule has 1 aromatic heterocycles. The Kier molecular flexibility index (Phi) is 5.31. The molecule has 1 amide bonds. The zero-order chi connectivity index (χ0) is 20.4. The fraction of sp³-hybridized carbons (Fsp3) is 0.273. The SMILES string of the molecule is Cc1cc(C(=O)Nc2ccc(N3CCN(C)CC3)cc2)nn1-c1ccc(F)cc1. The number of carbonyl (C=O) groups is 1. The van der Waals surface area contributed by atoms with Crippen LogP contribution in [0.2, 0.25) is 0 Å². The van der Waals surface area contributed by atoms with Crippen LogP contribution in [0.4, 0.5) is 15.8 Å². The van der Waals surface area contributed by atoms with E-state index >= 15 is 0 Å². The first-order valence-electron chi connectivity index (χ1n) is 9.67. The molecule has 6 nitrogen and oxygen atoms in total. The van der Waals surface area contributed by atoms with Crippen molar-refractivity contribution in [1.29, 1.82) is 0 Å². The summed E-state index contributed by atoms with van der Waals surface area (Å²) >= 11 is 0. The molecule has 1 N–H and O–H groups in total. The number of hydrogen-bond donors (Lipinski definition) is 1. The number of piperazine rings is 1. The number of anilines is 2. The molecule has 0 atom stereocenters. The summed E-state index contributed by atoms with van der Waals surface area (Å²) in [5, 5.41) is 7.27. The highest BCUT2D eigenvalue weighted by Crippen LogP contribution is 2.20. The summed E-state index contributed by atoms with van der Waals surface area (Å²) in [6, 6.07) is 15.6. The van der Waals surface area contributed by atoms with Crippen molar-refractivity contribution >= 4 is 17.3 Å². The highest BCUT2D eigenvalue weighted by Gasteiger charge is 2.16. The highest BCUT2D eigenvalue weighted by molar-refractivity contribution is 6.03. The molecule has 1 aliphatic rings. The van der Waals surface area contributed by atoms with Crippen molar-refractivity contribution in [3.05, 3.63) is 71.8 Å². The van der Waals surface area contributed by atoms with Crippen LogP contribution in [0.15, 0.2) is 54.6 Å². The lowest BCUT2D eigenvalue weighted by Gasteiger charge is -2.34. The summed E-state index contributed by atoms with van der Waals surface area (Å²) in [5.41, 5.74) is 3.70. The van der Waals surface area contributed by atoms with Gasteiger partial charge in [0.1, 0.15) is 5.82 Å². The van der Waals surface area contributed by atoms with E-state index in [4.69, 9.17) is 0 Å². The van der Waals surface area contributed by atoms with Gasteiger partial charge in [-0.05, 0) is 68.6 Å². The third-order valence-corrected chi connectivity index (χ3v) is 5.18. The fourth-order valence-corrected chi connectivity index (χ4v) is 3.44. The van der Waals surface area contributed by atoms with E-state index in [1.165, 1.54) is 12.1 Å². The minimum atomic E-state index is -0.309. The lowest BCUT2D eigenvalue weighted by Crippen LogP contribution is -2.44. The molecule has 2 aromatic carbocycles. The van der Waals surface area contributed by atoms with Crippen molar-refractivity contribution < 1.29 is 9.18 Å². The van der Waals surface area contributed by atoms with E-state index in [0.29, 0.717) is 11.4 Å². The molecule has 1 aliphatic heterocycles. The van der Waals surface area contributed by atoms with Gasteiger partial charge >= 0.3 is 0 Å². The first-order chi connectivity index (χ1) is 14.0. The molecule has 0 aliphatic carbocycles. The predicted octanol–water partition coefficient (Wildman–Crippen LogP) is 3.32. The summed E-state index contributed by atoms with van der Waals surface area (Å²) in [7, 11) is 2.13. The maximum Gasteiger partial charge on any atom is 0.276 e. The van der Waals surface area contributed by atoms with Crippen LogP contribution in [0.25, 0.3) is 5.69 Å². The zero-order valence-electron chi connectivity index (χ0n) is 16.6. The van der Waals surface area contributed by atoms with Crippen LogP contribution in [0.5, 0.6) is 0 Å². The van der Waals surface area contributed by atoms with Gasteiger partial charge in [0, 0.05) is 43.2 Å². The van der Waals surface area contributed by atoms with E-state index in [9.17, 15) is 9.18 Å². The van der Waals surface area contributed by atoms with Gasteiger partial charge in [0.15, 0.2) is 5.69 Å². The van der Waals surface area contributed by atoms with Gasteiger partial charge in [0.05, 0.1) is 5.69 Å². The minimum Gasteiger partial charge on any atom is -0.369 e. The number of nitrogens with one attached hydrogen (secondary N) is 1.